The topological polar surface area (TPSA) is 47.7 Å². The van der Waals surface area contributed by atoms with E-state index in [-0.39, 0.29) is 16.8 Å². The fourth-order valence-electron chi connectivity index (χ4n) is 4.41. The lowest BCUT2D eigenvalue weighted by Crippen LogP contribution is -2.36. The molecule has 1 fully saturated rings. The van der Waals surface area contributed by atoms with E-state index >= 15 is 8.78 Å². The quantitative estimate of drug-likeness (QED) is 0.416. The molecule has 3 heterocycles. The molecule has 0 bridgehead atoms. The normalized spacial score (nSPS) is 16.7. The van der Waals surface area contributed by atoms with Crippen LogP contribution in [-0.2, 0) is 5.54 Å². The minimum absolute atomic E-state index is 0.141. The Morgan fingerprint density at radius 3 is 2.66 bits per heavy atom. The summed E-state index contributed by atoms with van der Waals surface area (Å²) in [5.41, 5.74) is 0.306. The van der Waals surface area contributed by atoms with Crippen LogP contribution in [0.5, 0.6) is 0 Å². The maximum Gasteiger partial charge on any atom is 0.162 e. The molecule has 32 heavy (non-hydrogen) atoms. The number of benzene rings is 2. The maximum atomic E-state index is 16.1. The number of fused-ring (bicyclic) bond motifs is 4. The molecule has 1 aliphatic carbocycles. The summed E-state index contributed by atoms with van der Waals surface area (Å²) in [7, 11) is 0. The van der Waals surface area contributed by atoms with Crippen LogP contribution in [0.25, 0.3) is 27.7 Å². The van der Waals surface area contributed by atoms with Crippen LogP contribution in [0.1, 0.15) is 38.3 Å². The van der Waals surface area contributed by atoms with Crippen LogP contribution in [0.3, 0.4) is 0 Å². The molecule has 5 nitrogen and oxygen atoms in total. The van der Waals surface area contributed by atoms with Crippen molar-refractivity contribution in [1.82, 2.24) is 18.7 Å². The van der Waals surface area contributed by atoms with Gasteiger partial charge in [0.1, 0.15) is 23.1 Å². The second-order valence-electron chi connectivity index (χ2n) is 8.93. The molecule has 2 aromatic heterocycles. The largest absolute Gasteiger partial charge is 0.371 e. The number of aromatic nitrogens is 4. The average Bonchev–Trinajstić information content (AvgIpc) is 3.31. The molecule has 2 aromatic carbocycles. The number of rotatable bonds is 3. The van der Waals surface area contributed by atoms with E-state index in [1.807, 2.05) is 24.0 Å². The van der Waals surface area contributed by atoms with Crippen LogP contribution in [0.2, 0.25) is 0 Å². The van der Waals surface area contributed by atoms with E-state index in [1.165, 1.54) is 18.2 Å². The molecule has 1 aliphatic heterocycles. The van der Waals surface area contributed by atoms with Gasteiger partial charge in [-0.1, -0.05) is 0 Å². The molecule has 1 saturated carbocycles. The molecule has 0 saturated heterocycles. The Morgan fingerprint density at radius 2 is 1.91 bits per heavy atom. The zero-order chi connectivity index (χ0) is 22.4. The number of nitrogens with one attached hydrogen (secondary N) is 1. The van der Waals surface area contributed by atoms with Crippen molar-refractivity contribution in [2.75, 3.05) is 5.32 Å². The average molecular weight is 456 g/mol. The highest BCUT2D eigenvalue weighted by atomic mass is 32.2. The smallest absolute Gasteiger partial charge is 0.162 e. The fraction of sp³-hybridized carbons (Fsp3) is 0.304. The van der Waals surface area contributed by atoms with Crippen LogP contribution in [0, 0.1) is 24.4 Å². The number of hydrogen-bond donors (Lipinski definition) is 1. The molecule has 0 amide bonds. The van der Waals surface area contributed by atoms with Crippen molar-refractivity contribution in [2.45, 2.75) is 44.4 Å². The molecule has 0 atom stereocenters. The lowest BCUT2D eigenvalue weighted by molar-refractivity contribution is 0.517. The predicted octanol–water partition coefficient (Wildman–Crippen LogP) is 5.93. The Hall–Kier alpha value is -2.94. The van der Waals surface area contributed by atoms with Gasteiger partial charge in [0.05, 0.1) is 22.3 Å². The lowest BCUT2D eigenvalue weighted by atomic mass is 9.95. The van der Waals surface area contributed by atoms with Crippen molar-refractivity contribution in [2.24, 2.45) is 0 Å². The molecule has 2 aliphatic rings. The fourth-order valence-corrected chi connectivity index (χ4v) is 5.48. The number of anilines is 1. The molecular formula is C23H20F3N5S. The van der Waals surface area contributed by atoms with Gasteiger partial charge in [0.25, 0.3) is 0 Å². The summed E-state index contributed by atoms with van der Waals surface area (Å²) in [5, 5.41) is 12.6. The Bertz CT molecular complexity index is 1420. The zero-order valence-electron chi connectivity index (χ0n) is 17.7. The van der Waals surface area contributed by atoms with Gasteiger partial charge < -0.3 is 5.32 Å². The van der Waals surface area contributed by atoms with E-state index in [1.54, 1.807) is 29.5 Å². The highest BCUT2D eigenvalue weighted by molar-refractivity contribution is 7.98. The van der Waals surface area contributed by atoms with Gasteiger partial charge in [-0.3, -0.25) is 8.54 Å². The highest BCUT2D eigenvalue weighted by Gasteiger charge is 2.37. The van der Waals surface area contributed by atoms with Gasteiger partial charge in [0.2, 0.25) is 0 Å². The van der Waals surface area contributed by atoms with Crippen LogP contribution in [-0.4, -0.2) is 24.0 Å². The molecule has 4 aromatic rings. The Kier molecular flexibility index (Phi) is 4.03. The van der Waals surface area contributed by atoms with Gasteiger partial charge in [-0.05, 0) is 69.3 Å². The van der Waals surface area contributed by atoms with Crippen LogP contribution >= 0.6 is 11.9 Å². The first-order valence-corrected chi connectivity index (χ1v) is 11.3. The first kappa shape index (κ1) is 19.7. The summed E-state index contributed by atoms with van der Waals surface area (Å²) in [6.07, 6.45) is 4.06. The Balaban J connectivity index is 1.62. The standard InChI is InChI=1S/C23H20F3N5S/c1-11-28-29-22-23(2,3)27-17-10-16(25)19(20(26)21(17)31(11)22)15-8-12(24)9-18-14(15)6-7-30(18)32-13-4-5-13/h6-10,13,27H,4-5H2,1-3H3. The first-order chi connectivity index (χ1) is 15.2. The number of aryl methyl sites for hydroxylation is 1. The van der Waals surface area contributed by atoms with Crippen molar-refractivity contribution in [1.29, 1.82) is 0 Å². The predicted molar refractivity (Wildman–Crippen MR) is 120 cm³/mol. The molecule has 164 valence electrons. The van der Waals surface area contributed by atoms with Gasteiger partial charge in [-0.25, -0.2) is 13.2 Å². The summed E-state index contributed by atoms with van der Waals surface area (Å²) >= 11 is 1.61. The summed E-state index contributed by atoms with van der Waals surface area (Å²) in [6.45, 7) is 5.46. The van der Waals surface area contributed by atoms with E-state index in [2.05, 4.69) is 15.5 Å². The third-order valence-electron chi connectivity index (χ3n) is 6.04. The molecule has 0 radical (unpaired) electrons. The molecule has 1 N–H and O–H groups in total. The number of nitrogens with zero attached hydrogens (tertiary/aromatic N) is 4. The van der Waals surface area contributed by atoms with Crippen molar-refractivity contribution >= 4 is 28.5 Å². The van der Waals surface area contributed by atoms with E-state index in [0.29, 0.717) is 33.5 Å². The molecule has 0 unspecified atom stereocenters. The summed E-state index contributed by atoms with van der Waals surface area (Å²) < 4.78 is 49.6. The van der Waals surface area contributed by atoms with Gasteiger partial charge in [-0.2, -0.15) is 0 Å². The summed E-state index contributed by atoms with van der Waals surface area (Å²) in [4.78, 5) is 0. The van der Waals surface area contributed by atoms with Crippen molar-refractivity contribution in [3.63, 3.8) is 0 Å². The second-order valence-corrected chi connectivity index (χ2v) is 10.2. The molecule has 0 spiro atoms. The number of halogens is 3. The van der Waals surface area contributed by atoms with Crippen LogP contribution < -0.4 is 5.32 Å². The number of hydrogen-bond acceptors (Lipinski definition) is 4. The lowest BCUT2D eigenvalue weighted by Gasteiger charge is -2.34. The SMILES string of the molecule is Cc1nnc2n1-c1c(cc(F)c(-c3cc(F)cc4c3ccn4SC3CC3)c1F)NC2(C)C. The maximum absolute atomic E-state index is 16.1. The summed E-state index contributed by atoms with van der Waals surface area (Å²) in [6, 6.07) is 5.66. The van der Waals surface area contributed by atoms with E-state index < -0.39 is 23.0 Å². The highest BCUT2D eigenvalue weighted by Crippen LogP contribution is 2.44. The molecule has 6 rings (SSSR count). The first-order valence-electron chi connectivity index (χ1n) is 10.5. The van der Waals surface area contributed by atoms with Crippen molar-refractivity contribution in [3.8, 4) is 16.8 Å². The minimum Gasteiger partial charge on any atom is -0.371 e. The monoisotopic (exact) mass is 455 g/mol. The Labute approximate surface area is 186 Å². The second kappa shape index (κ2) is 6.54. The van der Waals surface area contributed by atoms with Gasteiger partial charge in [-0.15, -0.1) is 10.2 Å². The van der Waals surface area contributed by atoms with E-state index in [9.17, 15) is 4.39 Å². The third-order valence-corrected chi connectivity index (χ3v) is 7.36. The van der Waals surface area contributed by atoms with Crippen molar-refractivity contribution in [3.05, 3.63) is 59.6 Å². The van der Waals surface area contributed by atoms with E-state index in [4.69, 9.17) is 0 Å². The van der Waals surface area contributed by atoms with Crippen LogP contribution in [0.15, 0.2) is 30.5 Å². The molecular weight excluding hydrogens is 435 g/mol. The van der Waals surface area contributed by atoms with Crippen LogP contribution in [0.4, 0.5) is 18.9 Å². The van der Waals surface area contributed by atoms with Gasteiger partial charge in [0, 0.05) is 22.9 Å². The summed E-state index contributed by atoms with van der Waals surface area (Å²) in [5.74, 6) is -1.06. The van der Waals surface area contributed by atoms with Gasteiger partial charge >= 0.3 is 0 Å². The third kappa shape index (κ3) is 2.80. The minimum atomic E-state index is -0.776. The Morgan fingerprint density at radius 1 is 1.12 bits per heavy atom. The molecule has 9 heteroatoms. The van der Waals surface area contributed by atoms with E-state index in [0.717, 1.165) is 12.8 Å². The van der Waals surface area contributed by atoms with Crippen molar-refractivity contribution < 1.29 is 13.2 Å². The van der Waals surface area contributed by atoms with Gasteiger partial charge in [0.15, 0.2) is 11.6 Å². The zero-order valence-corrected chi connectivity index (χ0v) is 18.5.